The standard InChI is InChI=1S/C25H33BrN4O/c1-4-17(5-2)25(31)27-14-19-12-18-10-11-30(19)15-21(18)24-13-23(28-16(3)29-24)20-8-6-7-9-22(20)26/h6-9,13,17-19,21H,4-5,10-12,14-15H2,1-3H3,(H,27,31)/t18-,19-,21+/m1/s1. The van der Waals surface area contributed by atoms with Gasteiger partial charge in [0.25, 0.3) is 0 Å². The molecule has 1 aromatic carbocycles. The number of fused-ring (bicyclic) bond motifs is 3. The van der Waals surface area contributed by atoms with E-state index in [0.717, 1.165) is 66.1 Å². The number of hydrogen-bond donors (Lipinski definition) is 1. The minimum atomic E-state index is 0.142. The van der Waals surface area contributed by atoms with Gasteiger partial charge in [0.05, 0.1) is 5.69 Å². The number of nitrogens with one attached hydrogen (secondary N) is 1. The van der Waals surface area contributed by atoms with Crippen molar-refractivity contribution < 1.29 is 4.79 Å². The fourth-order valence-electron chi connectivity index (χ4n) is 5.30. The maximum Gasteiger partial charge on any atom is 0.223 e. The van der Waals surface area contributed by atoms with Crippen molar-refractivity contribution in [2.75, 3.05) is 19.6 Å². The van der Waals surface area contributed by atoms with Crippen LogP contribution < -0.4 is 5.32 Å². The van der Waals surface area contributed by atoms with Crippen molar-refractivity contribution in [3.63, 3.8) is 0 Å². The van der Waals surface area contributed by atoms with E-state index in [-0.39, 0.29) is 11.8 Å². The molecule has 1 unspecified atom stereocenters. The van der Waals surface area contributed by atoms with Crippen molar-refractivity contribution in [2.45, 2.75) is 58.4 Å². The molecule has 5 nitrogen and oxygen atoms in total. The van der Waals surface area contributed by atoms with Crippen molar-refractivity contribution in [1.29, 1.82) is 0 Å². The van der Waals surface area contributed by atoms with Gasteiger partial charge in [0.2, 0.25) is 5.91 Å². The molecule has 3 saturated heterocycles. The van der Waals surface area contributed by atoms with Gasteiger partial charge in [0, 0.05) is 46.7 Å². The van der Waals surface area contributed by atoms with Crippen LogP contribution in [0, 0.1) is 18.8 Å². The number of amides is 1. The van der Waals surface area contributed by atoms with Gasteiger partial charge >= 0.3 is 0 Å². The molecule has 5 rings (SSSR count). The van der Waals surface area contributed by atoms with Crippen molar-refractivity contribution in [2.24, 2.45) is 11.8 Å². The average Bonchev–Trinajstić information content (AvgIpc) is 2.78. The van der Waals surface area contributed by atoms with Crippen LogP contribution in [0.15, 0.2) is 34.8 Å². The van der Waals surface area contributed by atoms with Gasteiger partial charge < -0.3 is 5.32 Å². The van der Waals surface area contributed by atoms with Crippen LogP contribution in [0.25, 0.3) is 11.3 Å². The Balaban J connectivity index is 1.47. The predicted octanol–water partition coefficient (Wildman–Crippen LogP) is 4.94. The van der Waals surface area contributed by atoms with Gasteiger partial charge in [0.15, 0.2) is 0 Å². The van der Waals surface area contributed by atoms with Crippen molar-refractivity contribution in [3.05, 3.63) is 46.3 Å². The second-order valence-corrected chi connectivity index (χ2v) is 9.86. The van der Waals surface area contributed by atoms with Gasteiger partial charge in [0.1, 0.15) is 5.82 Å². The van der Waals surface area contributed by atoms with Crippen LogP contribution in [0.4, 0.5) is 0 Å². The lowest BCUT2D eigenvalue weighted by atomic mass is 9.74. The molecule has 31 heavy (non-hydrogen) atoms. The van der Waals surface area contributed by atoms with Crippen LogP contribution in [0.3, 0.4) is 0 Å². The summed E-state index contributed by atoms with van der Waals surface area (Å²) < 4.78 is 1.06. The molecule has 1 N–H and O–H groups in total. The second kappa shape index (κ2) is 9.78. The van der Waals surface area contributed by atoms with Crippen LogP contribution in [0.5, 0.6) is 0 Å². The van der Waals surface area contributed by atoms with Crippen molar-refractivity contribution in [1.82, 2.24) is 20.2 Å². The van der Waals surface area contributed by atoms with Crippen LogP contribution >= 0.6 is 15.9 Å². The van der Waals surface area contributed by atoms with E-state index in [1.165, 1.54) is 6.42 Å². The average molecular weight is 485 g/mol. The Hall–Kier alpha value is -1.79. The van der Waals surface area contributed by atoms with Gasteiger partial charge in [-0.3, -0.25) is 9.69 Å². The highest BCUT2D eigenvalue weighted by Gasteiger charge is 2.41. The molecule has 1 amide bonds. The maximum absolute atomic E-state index is 12.4. The lowest BCUT2D eigenvalue weighted by Gasteiger charge is -2.49. The van der Waals surface area contributed by atoms with Gasteiger partial charge in [-0.15, -0.1) is 0 Å². The molecule has 6 heteroatoms. The summed E-state index contributed by atoms with van der Waals surface area (Å²) in [5.41, 5.74) is 3.25. The van der Waals surface area contributed by atoms with Gasteiger partial charge in [-0.2, -0.15) is 0 Å². The second-order valence-electron chi connectivity index (χ2n) is 9.00. The smallest absolute Gasteiger partial charge is 0.223 e. The number of aryl methyl sites for hydroxylation is 1. The number of aromatic nitrogens is 2. The van der Waals surface area contributed by atoms with E-state index in [0.29, 0.717) is 17.9 Å². The Labute approximate surface area is 194 Å². The fourth-order valence-corrected chi connectivity index (χ4v) is 5.78. The maximum atomic E-state index is 12.4. The lowest BCUT2D eigenvalue weighted by molar-refractivity contribution is -0.125. The molecule has 4 atom stereocenters. The molecule has 2 aromatic rings. The summed E-state index contributed by atoms with van der Waals surface area (Å²) in [6.45, 7) is 9.08. The number of carbonyl (C=O) groups is 1. The highest BCUT2D eigenvalue weighted by molar-refractivity contribution is 9.10. The van der Waals surface area contributed by atoms with E-state index in [2.05, 4.69) is 58.2 Å². The summed E-state index contributed by atoms with van der Waals surface area (Å²) in [5.74, 6) is 2.23. The van der Waals surface area contributed by atoms with Gasteiger partial charge in [-0.1, -0.05) is 48.0 Å². The first kappa shape index (κ1) is 22.4. The molecule has 166 valence electrons. The van der Waals surface area contributed by atoms with Crippen LogP contribution in [0.1, 0.15) is 57.0 Å². The van der Waals surface area contributed by atoms with E-state index >= 15 is 0 Å². The third-order valence-electron chi connectivity index (χ3n) is 7.13. The third-order valence-corrected chi connectivity index (χ3v) is 7.83. The lowest BCUT2D eigenvalue weighted by Crippen LogP contribution is -2.56. The zero-order valence-electron chi connectivity index (χ0n) is 18.8. The SMILES string of the molecule is CCC(CC)C(=O)NC[C@H]1C[C@H]2CCN1C[C@@H]2c1cc(-c2ccccc2Br)nc(C)n1. The Morgan fingerprint density at radius 3 is 2.71 bits per heavy atom. The van der Waals surface area contributed by atoms with Crippen LogP contribution in [0.2, 0.25) is 0 Å². The highest BCUT2D eigenvalue weighted by atomic mass is 79.9. The molecular weight excluding hydrogens is 452 g/mol. The molecule has 2 bridgehead atoms. The Bertz CT molecular complexity index is 929. The van der Waals surface area contributed by atoms with E-state index in [9.17, 15) is 4.79 Å². The Kier molecular flexibility index (Phi) is 7.07. The van der Waals surface area contributed by atoms with Crippen molar-refractivity contribution >= 4 is 21.8 Å². The van der Waals surface area contributed by atoms with Crippen LogP contribution in [-0.2, 0) is 4.79 Å². The summed E-state index contributed by atoms with van der Waals surface area (Å²) in [5, 5.41) is 3.23. The van der Waals surface area contributed by atoms with E-state index in [4.69, 9.17) is 9.97 Å². The molecule has 3 aliphatic rings. The number of benzene rings is 1. The van der Waals surface area contributed by atoms with E-state index in [1.54, 1.807) is 0 Å². The van der Waals surface area contributed by atoms with Gasteiger partial charge in [-0.05, 0) is 57.2 Å². The number of piperidine rings is 3. The number of carbonyl (C=O) groups excluding carboxylic acids is 1. The normalized spacial score (nSPS) is 25.1. The molecule has 0 spiro atoms. The van der Waals surface area contributed by atoms with Gasteiger partial charge in [-0.25, -0.2) is 9.97 Å². The number of rotatable bonds is 7. The predicted molar refractivity (Wildman–Crippen MR) is 128 cm³/mol. The summed E-state index contributed by atoms with van der Waals surface area (Å²) in [7, 11) is 0. The minimum Gasteiger partial charge on any atom is -0.354 e. The fraction of sp³-hybridized carbons (Fsp3) is 0.560. The van der Waals surface area contributed by atoms with E-state index < -0.39 is 0 Å². The molecule has 3 fully saturated rings. The quantitative estimate of drug-likeness (QED) is 0.604. The summed E-state index contributed by atoms with van der Waals surface area (Å²) in [6.07, 6.45) is 4.15. The molecule has 0 aliphatic carbocycles. The summed E-state index contributed by atoms with van der Waals surface area (Å²) in [4.78, 5) is 24.6. The Morgan fingerprint density at radius 1 is 1.26 bits per heavy atom. The molecule has 1 aromatic heterocycles. The summed E-state index contributed by atoms with van der Waals surface area (Å²) >= 11 is 3.66. The largest absolute Gasteiger partial charge is 0.354 e. The Morgan fingerprint density at radius 2 is 2.03 bits per heavy atom. The molecule has 4 heterocycles. The first-order valence-corrected chi connectivity index (χ1v) is 12.4. The minimum absolute atomic E-state index is 0.142. The first-order valence-electron chi connectivity index (χ1n) is 11.6. The first-order chi connectivity index (χ1) is 15.0. The molecule has 0 radical (unpaired) electrons. The molecular formula is C25H33BrN4O. The van der Waals surface area contributed by atoms with Crippen molar-refractivity contribution in [3.8, 4) is 11.3 Å². The number of halogens is 1. The molecule has 3 aliphatic heterocycles. The molecule has 0 saturated carbocycles. The summed E-state index contributed by atoms with van der Waals surface area (Å²) in [6, 6.07) is 10.9. The third kappa shape index (κ3) is 4.85. The monoisotopic (exact) mass is 484 g/mol. The highest BCUT2D eigenvalue weighted by Crippen LogP contribution is 2.42. The van der Waals surface area contributed by atoms with E-state index in [1.807, 2.05) is 19.1 Å². The topological polar surface area (TPSA) is 58.1 Å². The number of hydrogen-bond acceptors (Lipinski definition) is 4. The zero-order valence-corrected chi connectivity index (χ0v) is 20.4. The van der Waals surface area contributed by atoms with Crippen LogP contribution in [-0.4, -0.2) is 46.5 Å². The number of nitrogens with zero attached hydrogens (tertiary/aromatic N) is 3. The zero-order chi connectivity index (χ0) is 22.0.